The van der Waals surface area contributed by atoms with E-state index in [-0.39, 0.29) is 31.2 Å². The Morgan fingerprint density at radius 1 is 0.739 bits per heavy atom. The molecule has 2 saturated heterocycles. The van der Waals surface area contributed by atoms with Crippen LogP contribution in [0, 0.1) is 11.8 Å². The number of alkyl carbamates (subject to hydrolysis) is 2. The number of nitrogens with zero attached hydrogens (tertiary/aromatic N) is 1. The molecule has 0 bridgehead atoms. The lowest BCUT2D eigenvalue weighted by Gasteiger charge is -2.30. The molecule has 2 aliphatic heterocycles. The van der Waals surface area contributed by atoms with Crippen LogP contribution < -0.4 is 16.0 Å². The molecule has 46 heavy (non-hydrogen) atoms. The molecule has 2 rings (SSSR count). The average molecular weight is 663 g/mol. The largest absolute Gasteiger partial charge is 0.480 e. The van der Waals surface area contributed by atoms with Crippen molar-refractivity contribution in [2.24, 2.45) is 11.8 Å². The van der Waals surface area contributed by atoms with Crippen molar-refractivity contribution in [3.63, 3.8) is 0 Å². The second kappa shape index (κ2) is 19.8. The van der Waals surface area contributed by atoms with Crippen molar-refractivity contribution in [3.8, 4) is 0 Å². The molecule has 0 saturated carbocycles. The Bertz CT molecular complexity index is 1010. The lowest BCUT2D eigenvalue weighted by Crippen LogP contribution is -2.54. The Morgan fingerprint density at radius 3 is 1.50 bits per heavy atom. The van der Waals surface area contributed by atoms with E-state index in [1.54, 1.807) is 69.2 Å². The van der Waals surface area contributed by atoms with Crippen molar-refractivity contribution in [2.45, 2.75) is 138 Å². The number of carboxylic acids is 3. The topological polar surface area (TPSA) is 221 Å². The average Bonchev–Trinajstić information content (AvgIpc) is 3.56. The number of aliphatic carboxylic acids is 3. The third-order valence-electron chi connectivity index (χ3n) is 6.39. The first kappa shape index (κ1) is 44.5. The Labute approximate surface area is 273 Å². The molecule has 4 atom stereocenters. The number of nitrogens with one attached hydrogen (secondary N) is 3. The molecule has 15 heteroatoms. The summed E-state index contributed by atoms with van der Waals surface area (Å²) in [5.41, 5.74) is -1.28. The van der Waals surface area contributed by atoms with Gasteiger partial charge in [0, 0.05) is 6.54 Å². The zero-order chi connectivity index (χ0) is 35.3. The highest BCUT2D eigenvalue weighted by molar-refractivity contribution is 5.90. The van der Waals surface area contributed by atoms with Crippen LogP contribution in [-0.4, -0.2) is 105 Å². The highest BCUT2D eigenvalue weighted by Gasteiger charge is 2.39. The van der Waals surface area contributed by atoms with Crippen molar-refractivity contribution in [1.82, 2.24) is 20.9 Å². The molecule has 0 spiro atoms. The van der Waals surface area contributed by atoms with E-state index in [0.29, 0.717) is 19.4 Å². The van der Waals surface area contributed by atoms with Gasteiger partial charge in [-0.3, -0.25) is 9.59 Å². The van der Waals surface area contributed by atoms with Crippen LogP contribution in [0.25, 0.3) is 0 Å². The summed E-state index contributed by atoms with van der Waals surface area (Å²) in [6.07, 6.45) is 1.50. The molecular formula is C31H58N4O11. The minimum atomic E-state index is -1.06. The van der Waals surface area contributed by atoms with Crippen molar-refractivity contribution in [2.75, 3.05) is 13.1 Å². The maximum Gasteiger partial charge on any atom is 0.408 e. The summed E-state index contributed by atoms with van der Waals surface area (Å²) in [5, 5.41) is 34.1. The Kier molecular flexibility index (Phi) is 19.2. The van der Waals surface area contributed by atoms with Crippen LogP contribution in [0.1, 0.15) is 102 Å². The van der Waals surface area contributed by atoms with Gasteiger partial charge in [0.05, 0.1) is 0 Å². The third kappa shape index (κ3) is 17.8. The zero-order valence-electron chi connectivity index (χ0n) is 28.3. The molecular weight excluding hydrogens is 604 g/mol. The van der Waals surface area contributed by atoms with Gasteiger partial charge < -0.3 is 45.6 Å². The van der Waals surface area contributed by atoms with Crippen LogP contribution in [0.15, 0.2) is 0 Å². The number of ether oxygens (including phenoxy) is 2. The summed E-state index contributed by atoms with van der Waals surface area (Å²) in [5.74, 6) is -3.51. The summed E-state index contributed by atoms with van der Waals surface area (Å²) in [4.78, 5) is 69.2. The molecule has 0 aliphatic carbocycles. The SMILES string of the molecule is C.CC(C)C(NC(=O)OC(C)(C)C)C(=O)N1CCCC1C(=O)O.CC(C)C(NC(=O)OC(C)(C)C)C(=O)O.O=C(O)C1CCCN1. The van der Waals surface area contributed by atoms with Crippen LogP contribution in [0.3, 0.4) is 0 Å². The Morgan fingerprint density at radius 2 is 1.20 bits per heavy atom. The minimum absolute atomic E-state index is 0. The fourth-order valence-corrected chi connectivity index (χ4v) is 4.26. The number of carbonyl (C=O) groups excluding carboxylic acids is 3. The Balaban J connectivity index is 0. The molecule has 0 radical (unpaired) electrons. The summed E-state index contributed by atoms with van der Waals surface area (Å²) in [6, 6.07) is -2.79. The van der Waals surface area contributed by atoms with Crippen LogP contribution in [0.4, 0.5) is 9.59 Å². The van der Waals surface area contributed by atoms with E-state index < -0.39 is 59.4 Å². The third-order valence-corrected chi connectivity index (χ3v) is 6.39. The molecule has 0 aromatic rings. The highest BCUT2D eigenvalue weighted by atomic mass is 16.6. The van der Waals surface area contributed by atoms with E-state index in [4.69, 9.17) is 19.7 Å². The summed E-state index contributed by atoms with van der Waals surface area (Å²) < 4.78 is 10.1. The maximum atomic E-state index is 12.6. The predicted molar refractivity (Wildman–Crippen MR) is 171 cm³/mol. The lowest BCUT2D eigenvalue weighted by atomic mass is 10.0. The van der Waals surface area contributed by atoms with E-state index in [0.717, 1.165) is 19.4 Å². The van der Waals surface area contributed by atoms with Crippen LogP contribution in [-0.2, 0) is 28.7 Å². The van der Waals surface area contributed by atoms with Gasteiger partial charge in [-0.15, -0.1) is 0 Å². The molecule has 2 heterocycles. The van der Waals surface area contributed by atoms with E-state index in [9.17, 15) is 33.9 Å². The number of hydrogen-bond acceptors (Lipinski definition) is 9. The van der Waals surface area contributed by atoms with Gasteiger partial charge in [0.2, 0.25) is 5.91 Å². The van der Waals surface area contributed by atoms with Gasteiger partial charge in [-0.2, -0.15) is 0 Å². The second-order valence-electron chi connectivity index (χ2n) is 13.6. The first-order valence-electron chi connectivity index (χ1n) is 15.2. The molecule has 0 aromatic heterocycles. The highest BCUT2D eigenvalue weighted by Crippen LogP contribution is 2.20. The van der Waals surface area contributed by atoms with Crippen LogP contribution in [0.2, 0.25) is 0 Å². The van der Waals surface area contributed by atoms with Gasteiger partial charge in [0.1, 0.15) is 35.4 Å². The number of rotatable bonds is 8. The van der Waals surface area contributed by atoms with Gasteiger partial charge in [0.25, 0.3) is 0 Å². The van der Waals surface area contributed by atoms with Gasteiger partial charge in [-0.25, -0.2) is 19.2 Å². The molecule has 3 amide bonds. The number of amides is 3. The quantitative estimate of drug-likeness (QED) is 0.219. The second-order valence-corrected chi connectivity index (χ2v) is 13.6. The number of carbonyl (C=O) groups is 6. The van der Waals surface area contributed by atoms with E-state index >= 15 is 0 Å². The smallest absolute Gasteiger partial charge is 0.408 e. The van der Waals surface area contributed by atoms with Crippen molar-refractivity contribution < 1.29 is 53.6 Å². The number of carboxylic acid groups (broad SMARTS) is 3. The van der Waals surface area contributed by atoms with Crippen LogP contribution >= 0.6 is 0 Å². The van der Waals surface area contributed by atoms with Gasteiger partial charge in [0.15, 0.2) is 0 Å². The van der Waals surface area contributed by atoms with Crippen molar-refractivity contribution in [1.29, 1.82) is 0 Å². The van der Waals surface area contributed by atoms with E-state index in [1.165, 1.54) is 4.90 Å². The monoisotopic (exact) mass is 662 g/mol. The number of likely N-dealkylation sites (tertiary alicyclic amines) is 1. The fourth-order valence-electron chi connectivity index (χ4n) is 4.26. The standard InChI is InChI=1S/C15H26N2O5.C10H19NO4.C5H9NO2.CH4/c1-9(2)11(16-14(21)22-15(3,4)5)12(18)17-8-6-7-10(17)13(19)20;1-6(2)7(8(12)13)11-9(14)15-10(3,4)5;7-5(8)4-2-1-3-6-4;/h9-11H,6-8H2,1-5H3,(H,16,21)(H,19,20);6-7H,1-5H3,(H,11,14)(H,12,13);4,6H,1-3H2,(H,7,8);1H4. The van der Waals surface area contributed by atoms with Gasteiger partial charge >= 0.3 is 30.1 Å². The first-order valence-corrected chi connectivity index (χ1v) is 15.2. The number of hydrogen-bond donors (Lipinski definition) is 6. The van der Waals surface area contributed by atoms with Gasteiger partial charge in [-0.1, -0.05) is 35.1 Å². The first-order chi connectivity index (χ1) is 20.5. The van der Waals surface area contributed by atoms with Gasteiger partial charge in [-0.05, 0) is 85.6 Å². The molecule has 4 unspecified atom stereocenters. The van der Waals surface area contributed by atoms with Crippen molar-refractivity contribution >= 4 is 36.0 Å². The molecule has 2 aliphatic rings. The van der Waals surface area contributed by atoms with Crippen LogP contribution in [0.5, 0.6) is 0 Å². The molecule has 15 nitrogen and oxygen atoms in total. The summed E-state index contributed by atoms with van der Waals surface area (Å²) in [7, 11) is 0. The molecule has 0 aromatic carbocycles. The summed E-state index contributed by atoms with van der Waals surface area (Å²) >= 11 is 0. The normalized spacial score (nSPS) is 18.8. The van der Waals surface area contributed by atoms with E-state index in [2.05, 4.69) is 16.0 Å². The predicted octanol–water partition coefficient (Wildman–Crippen LogP) is 3.69. The van der Waals surface area contributed by atoms with E-state index in [1.807, 2.05) is 0 Å². The molecule has 6 N–H and O–H groups in total. The fraction of sp³-hybridized carbons (Fsp3) is 0.806. The zero-order valence-corrected chi connectivity index (χ0v) is 28.3. The minimum Gasteiger partial charge on any atom is -0.480 e. The van der Waals surface area contributed by atoms with Crippen molar-refractivity contribution in [3.05, 3.63) is 0 Å². The maximum absolute atomic E-state index is 12.6. The molecule has 2 fully saturated rings. The summed E-state index contributed by atoms with van der Waals surface area (Å²) in [6.45, 7) is 18.7. The Hall–Kier alpha value is -3.62. The lowest BCUT2D eigenvalue weighted by molar-refractivity contribution is -0.149. The molecule has 268 valence electrons.